The first-order valence-corrected chi connectivity index (χ1v) is 9.13. The summed E-state index contributed by atoms with van der Waals surface area (Å²) >= 11 is 0. The van der Waals surface area contributed by atoms with Crippen LogP contribution in [0, 0.1) is 0 Å². The third-order valence-corrected chi connectivity index (χ3v) is 4.48. The third-order valence-electron chi connectivity index (χ3n) is 4.48. The van der Waals surface area contributed by atoms with E-state index in [2.05, 4.69) is 19.9 Å². The number of nitrogens with zero attached hydrogens (tertiary/aromatic N) is 4. The maximum atomic E-state index is 12.9. The number of fused-ring (bicyclic) bond motifs is 1. The van der Waals surface area contributed by atoms with Crippen LogP contribution in [0.5, 0.6) is 11.8 Å². The maximum absolute atomic E-state index is 12.9. The molecule has 0 aromatic carbocycles. The Bertz CT molecular complexity index is 870. The number of ether oxygens (including phenoxy) is 5. The van der Waals surface area contributed by atoms with Crippen LogP contribution in [0.2, 0.25) is 0 Å². The molecule has 0 saturated carbocycles. The van der Waals surface area contributed by atoms with Gasteiger partial charge in [0.15, 0.2) is 17.6 Å². The Labute approximate surface area is 169 Å². The largest absolute Gasteiger partial charge is 0.474 e. The monoisotopic (exact) mass is 428 g/mol. The number of hydrogen-bond donors (Lipinski definition) is 0. The van der Waals surface area contributed by atoms with Gasteiger partial charge in [0, 0.05) is 12.4 Å². The SMILES string of the molecule is CC1(C)O[C@@H]2[C@H](O1)[C@@H](Oc1cncc(C(F)(F)F)n1)CO[C@@H]2COc1cnccn1. The Balaban J connectivity index is 1.47. The lowest BCUT2D eigenvalue weighted by molar-refractivity contribution is -0.157. The molecule has 0 amide bonds. The average Bonchev–Trinajstić information content (AvgIpc) is 3.03. The molecule has 30 heavy (non-hydrogen) atoms. The number of rotatable bonds is 5. The summed E-state index contributed by atoms with van der Waals surface area (Å²) in [7, 11) is 0. The Kier molecular flexibility index (Phi) is 5.47. The molecule has 12 heteroatoms. The van der Waals surface area contributed by atoms with Gasteiger partial charge in [-0.05, 0) is 13.8 Å². The van der Waals surface area contributed by atoms with Crippen molar-refractivity contribution in [1.29, 1.82) is 0 Å². The minimum Gasteiger partial charge on any atom is -0.474 e. The normalized spacial score (nSPS) is 28.0. The predicted octanol–water partition coefficient (Wildman–Crippen LogP) is 2.03. The second-order valence-corrected chi connectivity index (χ2v) is 7.19. The lowest BCUT2D eigenvalue weighted by Crippen LogP contribution is -2.55. The minimum atomic E-state index is -4.63. The number of alkyl halides is 3. The van der Waals surface area contributed by atoms with Crippen molar-refractivity contribution in [3.8, 4) is 11.8 Å². The highest BCUT2D eigenvalue weighted by atomic mass is 19.4. The zero-order valence-electron chi connectivity index (χ0n) is 16.1. The lowest BCUT2D eigenvalue weighted by atomic mass is 10.0. The van der Waals surface area contributed by atoms with E-state index in [4.69, 9.17) is 23.7 Å². The highest BCUT2D eigenvalue weighted by molar-refractivity contribution is 5.12. The number of aromatic nitrogens is 4. The first-order valence-electron chi connectivity index (χ1n) is 9.13. The van der Waals surface area contributed by atoms with Gasteiger partial charge in [-0.25, -0.2) is 9.97 Å². The van der Waals surface area contributed by atoms with E-state index in [1.165, 1.54) is 18.6 Å². The van der Waals surface area contributed by atoms with Crippen LogP contribution in [0.15, 0.2) is 31.0 Å². The van der Waals surface area contributed by atoms with Gasteiger partial charge in [0.1, 0.15) is 24.9 Å². The quantitative estimate of drug-likeness (QED) is 0.708. The summed E-state index contributed by atoms with van der Waals surface area (Å²) in [5, 5.41) is 0. The molecule has 0 unspecified atom stereocenters. The minimum absolute atomic E-state index is 0.0347. The van der Waals surface area contributed by atoms with Crippen molar-refractivity contribution in [2.75, 3.05) is 13.2 Å². The molecule has 2 aliphatic heterocycles. The van der Waals surface area contributed by atoms with Crippen molar-refractivity contribution >= 4 is 0 Å². The van der Waals surface area contributed by atoms with Crippen molar-refractivity contribution < 1.29 is 36.9 Å². The van der Waals surface area contributed by atoms with Crippen LogP contribution >= 0.6 is 0 Å². The van der Waals surface area contributed by atoms with Crippen LogP contribution in [-0.4, -0.2) is 63.4 Å². The summed E-state index contributed by atoms with van der Waals surface area (Å²) in [6.07, 6.45) is -0.847. The molecule has 0 aliphatic carbocycles. The van der Waals surface area contributed by atoms with E-state index in [0.29, 0.717) is 12.1 Å². The molecule has 162 valence electrons. The van der Waals surface area contributed by atoms with Crippen LogP contribution in [0.4, 0.5) is 13.2 Å². The van der Waals surface area contributed by atoms with Gasteiger partial charge in [0.25, 0.3) is 0 Å². The zero-order valence-corrected chi connectivity index (χ0v) is 16.1. The van der Waals surface area contributed by atoms with Crippen LogP contribution in [-0.2, 0) is 20.4 Å². The summed E-state index contributed by atoms with van der Waals surface area (Å²) in [6.45, 7) is 3.61. The van der Waals surface area contributed by atoms with Crippen molar-refractivity contribution in [3.63, 3.8) is 0 Å². The molecular weight excluding hydrogens is 409 g/mol. The molecule has 9 nitrogen and oxygen atoms in total. The second-order valence-electron chi connectivity index (χ2n) is 7.19. The predicted molar refractivity (Wildman–Crippen MR) is 92.5 cm³/mol. The van der Waals surface area contributed by atoms with E-state index in [1.807, 2.05) is 0 Å². The van der Waals surface area contributed by atoms with Gasteiger partial charge in [-0.1, -0.05) is 0 Å². The molecule has 0 spiro atoms. The fraction of sp³-hybridized carbons (Fsp3) is 0.556. The highest BCUT2D eigenvalue weighted by Crippen LogP contribution is 2.37. The summed E-state index contributed by atoms with van der Waals surface area (Å²) in [5.74, 6) is -0.886. The Morgan fingerprint density at radius 3 is 2.57 bits per heavy atom. The van der Waals surface area contributed by atoms with E-state index in [-0.39, 0.29) is 19.1 Å². The van der Waals surface area contributed by atoms with Gasteiger partial charge in [0.05, 0.1) is 25.2 Å². The van der Waals surface area contributed by atoms with Crippen LogP contribution in [0.3, 0.4) is 0 Å². The summed E-state index contributed by atoms with van der Waals surface area (Å²) < 4.78 is 67.6. The lowest BCUT2D eigenvalue weighted by Gasteiger charge is -2.36. The van der Waals surface area contributed by atoms with Crippen LogP contribution in [0.1, 0.15) is 19.5 Å². The fourth-order valence-electron chi connectivity index (χ4n) is 3.27. The third kappa shape index (κ3) is 4.60. The Hall–Kier alpha value is -2.57. The molecule has 4 atom stereocenters. The Morgan fingerprint density at radius 2 is 1.83 bits per heavy atom. The zero-order chi connectivity index (χ0) is 21.4. The molecule has 2 aromatic heterocycles. The molecule has 2 fully saturated rings. The van der Waals surface area contributed by atoms with Gasteiger partial charge in [0.2, 0.25) is 11.8 Å². The first-order chi connectivity index (χ1) is 14.2. The van der Waals surface area contributed by atoms with Gasteiger partial charge in [-0.3, -0.25) is 9.97 Å². The van der Waals surface area contributed by atoms with E-state index in [9.17, 15) is 13.2 Å². The van der Waals surface area contributed by atoms with E-state index < -0.39 is 42.1 Å². The van der Waals surface area contributed by atoms with Crippen molar-refractivity contribution in [3.05, 3.63) is 36.7 Å². The molecule has 2 aliphatic rings. The molecule has 4 rings (SSSR count). The summed E-state index contributed by atoms with van der Waals surface area (Å²) in [5.41, 5.74) is -1.15. The molecular formula is C18H19F3N4O5. The molecule has 0 radical (unpaired) electrons. The standard InChI is InChI=1S/C18H19F3N4O5/c1-17(2)29-15-10(8-27-13-6-22-3-4-24-13)26-9-11(16(15)30-17)28-14-7-23-5-12(25-14)18(19,20)21/h3-7,10-11,15-16H,8-9H2,1-2H3/t10-,11+,15+,16-/m1/s1. The first kappa shape index (κ1) is 20.7. The van der Waals surface area contributed by atoms with E-state index >= 15 is 0 Å². The topological polar surface area (TPSA) is 97.7 Å². The average molecular weight is 428 g/mol. The second kappa shape index (κ2) is 7.93. The van der Waals surface area contributed by atoms with Crippen LogP contribution < -0.4 is 9.47 Å². The molecule has 0 N–H and O–H groups in total. The van der Waals surface area contributed by atoms with Gasteiger partial charge in [-0.15, -0.1) is 0 Å². The molecule has 2 saturated heterocycles. The van der Waals surface area contributed by atoms with Crippen molar-refractivity contribution in [2.45, 2.75) is 50.2 Å². The van der Waals surface area contributed by atoms with Gasteiger partial charge in [-0.2, -0.15) is 13.2 Å². The molecule has 2 aromatic rings. The van der Waals surface area contributed by atoms with E-state index in [0.717, 1.165) is 6.20 Å². The smallest absolute Gasteiger partial charge is 0.435 e. The number of halogens is 3. The maximum Gasteiger partial charge on any atom is 0.435 e. The highest BCUT2D eigenvalue weighted by Gasteiger charge is 2.53. The number of hydrogen-bond acceptors (Lipinski definition) is 9. The van der Waals surface area contributed by atoms with Crippen molar-refractivity contribution in [2.24, 2.45) is 0 Å². The van der Waals surface area contributed by atoms with Gasteiger partial charge < -0.3 is 23.7 Å². The van der Waals surface area contributed by atoms with Gasteiger partial charge >= 0.3 is 6.18 Å². The Morgan fingerprint density at radius 1 is 1.07 bits per heavy atom. The molecule has 4 heterocycles. The molecule has 0 bridgehead atoms. The van der Waals surface area contributed by atoms with Crippen LogP contribution in [0.25, 0.3) is 0 Å². The fourth-order valence-corrected chi connectivity index (χ4v) is 3.27. The summed E-state index contributed by atoms with van der Waals surface area (Å²) in [4.78, 5) is 15.0. The summed E-state index contributed by atoms with van der Waals surface area (Å²) in [6, 6.07) is 0. The van der Waals surface area contributed by atoms with E-state index in [1.54, 1.807) is 13.8 Å². The van der Waals surface area contributed by atoms with Crippen molar-refractivity contribution in [1.82, 2.24) is 19.9 Å².